The van der Waals surface area contributed by atoms with Crippen molar-refractivity contribution in [1.82, 2.24) is 4.90 Å². The highest BCUT2D eigenvalue weighted by atomic mass is 32.2. The molecular weight excluding hydrogens is 170 g/mol. The maximum absolute atomic E-state index is 5.73. The second-order valence-electron chi connectivity index (χ2n) is 3.47. The topological polar surface area (TPSA) is 12.5 Å². The van der Waals surface area contributed by atoms with E-state index < -0.39 is 0 Å². The first-order chi connectivity index (χ1) is 5.97. The lowest BCUT2D eigenvalue weighted by Gasteiger charge is -2.36. The molecule has 1 atom stereocenters. The Kier molecular flexibility index (Phi) is 3.31. The summed E-state index contributed by atoms with van der Waals surface area (Å²) in [5, 5.41) is 0. The minimum absolute atomic E-state index is 0.458. The third-order valence-electron chi connectivity index (χ3n) is 2.61. The molecule has 1 unspecified atom stereocenters. The van der Waals surface area contributed by atoms with E-state index in [0.29, 0.717) is 6.23 Å². The number of thioether (sulfide) groups is 1. The smallest absolute Gasteiger partial charge is 0.110 e. The Morgan fingerprint density at radius 1 is 1.17 bits per heavy atom. The molecule has 0 aromatic rings. The van der Waals surface area contributed by atoms with Gasteiger partial charge >= 0.3 is 0 Å². The van der Waals surface area contributed by atoms with Crippen LogP contribution < -0.4 is 0 Å². The van der Waals surface area contributed by atoms with Crippen LogP contribution in [0.1, 0.15) is 19.3 Å². The van der Waals surface area contributed by atoms with E-state index in [1.165, 1.54) is 43.9 Å². The molecule has 2 saturated heterocycles. The number of rotatable bonds is 1. The fourth-order valence-corrected chi connectivity index (χ4v) is 2.81. The SMILES string of the molecule is C1CCC(N2CCSCC2)OC1. The molecule has 0 aromatic carbocycles. The Bertz CT molecular complexity index is 114. The summed E-state index contributed by atoms with van der Waals surface area (Å²) >= 11 is 2.07. The van der Waals surface area contributed by atoms with Gasteiger partial charge < -0.3 is 4.74 Å². The lowest BCUT2D eigenvalue weighted by atomic mass is 10.1. The molecule has 0 bridgehead atoms. The van der Waals surface area contributed by atoms with Gasteiger partial charge in [-0.15, -0.1) is 0 Å². The average Bonchev–Trinajstić information content (AvgIpc) is 2.21. The molecule has 2 fully saturated rings. The molecular formula is C9H17NOS. The Morgan fingerprint density at radius 2 is 2.00 bits per heavy atom. The van der Waals surface area contributed by atoms with E-state index in [4.69, 9.17) is 4.74 Å². The van der Waals surface area contributed by atoms with E-state index in [0.717, 1.165) is 6.61 Å². The average molecular weight is 187 g/mol. The fourth-order valence-electron chi connectivity index (χ4n) is 1.88. The Balaban J connectivity index is 1.80. The maximum Gasteiger partial charge on any atom is 0.110 e. The molecule has 2 rings (SSSR count). The van der Waals surface area contributed by atoms with Gasteiger partial charge in [-0.25, -0.2) is 0 Å². The molecule has 2 nitrogen and oxygen atoms in total. The summed E-state index contributed by atoms with van der Waals surface area (Å²) in [6, 6.07) is 0. The van der Waals surface area contributed by atoms with Crippen molar-refractivity contribution in [3.63, 3.8) is 0 Å². The van der Waals surface area contributed by atoms with Crippen LogP contribution in [0, 0.1) is 0 Å². The molecule has 0 amide bonds. The van der Waals surface area contributed by atoms with Crippen molar-refractivity contribution >= 4 is 11.8 Å². The summed E-state index contributed by atoms with van der Waals surface area (Å²) in [7, 11) is 0. The van der Waals surface area contributed by atoms with Crippen LogP contribution in [0.15, 0.2) is 0 Å². The summed E-state index contributed by atoms with van der Waals surface area (Å²) in [5.41, 5.74) is 0. The zero-order chi connectivity index (χ0) is 8.23. The van der Waals surface area contributed by atoms with Crippen LogP contribution in [0.5, 0.6) is 0 Å². The van der Waals surface area contributed by atoms with E-state index in [-0.39, 0.29) is 0 Å². The quantitative estimate of drug-likeness (QED) is 0.618. The lowest BCUT2D eigenvalue weighted by Crippen LogP contribution is -2.44. The monoisotopic (exact) mass is 187 g/mol. The summed E-state index contributed by atoms with van der Waals surface area (Å²) in [6.45, 7) is 3.44. The van der Waals surface area contributed by atoms with Gasteiger partial charge in [0.25, 0.3) is 0 Å². The van der Waals surface area contributed by atoms with Crippen LogP contribution in [0.2, 0.25) is 0 Å². The first-order valence-corrected chi connectivity index (χ1v) is 6.06. The molecule has 2 heterocycles. The third kappa shape index (κ3) is 2.15. The highest BCUT2D eigenvalue weighted by Gasteiger charge is 2.22. The second kappa shape index (κ2) is 4.49. The van der Waals surface area contributed by atoms with Crippen molar-refractivity contribution in [2.24, 2.45) is 0 Å². The van der Waals surface area contributed by atoms with Crippen LogP contribution in [-0.2, 0) is 4.74 Å². The summed E-state index contributed by atoms with van der Waals surface area (Å²) in [5.74, 6) is 2.58. The molecule has 2 aliphatic heterocycles. The van der Waals surface area contributed by atoms with Crippen molar-refractivity contribution in [3.8, 4) is 0 Å². The van der Waals surface area contributed by atoms with Crippen molar-refractivity contribution in [2.45, 2.75) is 25.5 Å². The summed E-state index contributed by atoms with van der Waals surface area (Å²) in [4.78, 5) is 2.51. The zero-order valence-corrected chi connectivity index (χ0v) is 8.31. The zero-order valence-electron chi connectivity index (χ0n) is 7.50. The van der Waals surface area contributed by atoms with Crippen LogP contribution in [0.3, 0.4) is 0 Å². The molecule has 12 heavy (non-hydrogen) atoms. The predicted molar refractivity (Wildman–Crippen MR) is 52.5 cm³/mol. The van der Waals surface area contributed by atoms with Crippen LogP contribution in [-0.4, -0.2) is 42.3 Å². The van der Waals surface area contributed by atoms with Crippen LogP contribution >= 0.6 is 11.8 Å². The highest BCUT2D eigenvalue weighted by molar-refractivity contribution is 7.99. The minimum Gasteiger partial charge on any atom is -0.363 e. The largest absolute Gasteiger partial charge is 0.363 e. The van der Waals surface area contributed by atoms with Gasteiger partial charge in [-0.2, -0.15) is 11.8 Å². The fraction of sp³-hybridized carbons (Fsp3) is 1.00. The van der Waals surface area contributed by atoms with Crippen LogP contribution in [0.25, 0.3) is 0 Å². The molecule has 70 valence electrons. The van der Waals surface area contributed by atoms with E-state index in [1.54, 1.807) is 0 Å². The van der Waals surface area contributed by atoms with Crippen molar-refractivity contribution < 1.29 is 4.74 Å². The highest BCUT2D eigenvalue weighted by Crippen LogP contribution is 2.20. The first-order valence-electron chi connectivity index (χ1n) is 4.90. The van der Waals surface area contributed by atoms with E-state index >= 15 is 0 Å². The Hall–Kier alpha value is 0.270. The lowest BCUT2D eigenvalue weighted by molar-refractivity contribution is -0.0818. The second-order valence-corrected chi connectivity index (χ2v) is 4.69. The first kappa shape index (κ1) is 8.85. The van der Waals surface area contributed by atoms with Crippen molar-refractivity contribution in [1.29, 1.82) is 0 Å². The molecule has 0 aromatic heterocycles. The number of hydrogen-bond acceptors (Lipinski definition) is 3. The minimum atomic E-state index is 0.458. The number of nitrogens with zero attached hydrogens (tertiary/aromatic N) is 1. The molecule has 0 saturated carbocycles. The van der Waals surface area contributed by atoms with Crippen molar-refractivity contribution in [2.75, 3.05) is 31.2 Å². The molecule has 0 spiro atoms. The van der Waals surface area contributed by atoms with E-state index in [9.17, 15) is 0 Å². The molecule has 3 heteroatoms. The Morgan fingerprint density at radius 3 is 2.67 bits per heavy atom. The van der Waals surface area contributed by atoms with Gasteiger partial charge in [-0.3, -0.25) is 4.90 Å². The van der Waals surface area contributed by atoms with Crippen LogP contribution in [0.4, 0.5) is 0 Å². The number of hydrogen-bond donors (Lipinski definition) is 0. The summed E-state index contributed by atoms with van der Waals surface area (Å²) < 4.78 is 5.73. The normalized spacial score (nSPS) is 33.5. The van der Waals surface area contributed by atoms with Gasteiger partial charge in [0.05, 0.1) is 0 Å². The maximum atomic E-state index is 5.73. The third-order valence-corrected chi connectivity index (χ3v) is 3.55. The van der Waals surface area contributed by atoms with Gasteiger partial charge in [0, 0.05) is 31.2 Å². The number of ether oxygens (including phenoxy) is 1. The standard InChI is InChI=1S/C9H17NOS/c1-2-6-11-9(3-1)10-4-7-12-8-5-10/h9H,1-8H2. The van der Waals surface area contributed by atoms with Crippen molar-refractivity contribution in [3.05, 3.63) is 0 Å². The predicted octanol–water partition coefficient (Wildman–Crippen LogP) is 1.56. The van der Waals surface area contributed by atoms with Gasteiger partial charge in [0.15, 0.2) is 0 Å². The molecule has 2 aliphatic rings. The molecule has 0 N–H and O–H groups in total. The molecule has 0 aliphatic carbocycles. The van der Waals surface area contributed by atoms with Gasteiger partial charge in [0.2, 0.25) is 0 Å². The van der Waals surface area contributed by atoms with Gasteiger partial charge in [-0.05, 0) is 19.3 Å². The van der Waals surface area contributed by atoms with E-state index in [1.807, 2.05) is 0 Å². The molecule has 0 radical (unpaired) electrons. The Labute approximate surface area is 78.6 Å². The van der Waals surface area contributed by atoms with E-state index in [2.05, 4.69) is 16.7 Å². The van der Waals surface area contributed by atoms with Gasteiger partial charge in [0.1, 0.15) is 6.23 Å². The van der Waals surface area contributed by atoms with Gasteiger partial charge in [-0.1, -0.05) is 0 Å². The summed E-state index contributed by atoms with van der Waals surface area (Å²) in [6.07, 6.45) is 4.33.